The maximum absolute atomic E-state index is 13.2. The van der Waals surface area contributed by atoms with E-state index < -0.39 is 17.8 Å². The van der Waals surface area contributed by atoms with Crippen molar-refractivity contribution in [2.45, 2.75) is 11.8 Å². The molecule has 72 valence electrons. The van der Waals surface area contributed by atoms with E-state index in [0.717, 1.165) is 4.88 Å². The van der Waals surface area contributed by atoms with E-state index in [1.165, 1.54) is 11.3 Å². The fourth-order valence-electron chi connectivity index (χ4n) is 1.72. The van der Waals surface area contributed by atoms with Crippen LogP contribution in [-0.2, 0) is 0 Å². The van der Waals surface area contributed by atoms with Crippen molar-refractivity contribution in [1.29, 1.82) is 0 Å². The predicted molar refractivity (Wildman–Crippen MR) is 49.4 cm³/mol. The normalized spacial score (nSPS) is 30.4. The first kappa shape index (κ1) is 9.09. The molecule has 2 atom stereocenters. The maximum atomic E-state index is 13.2. The molecule has 4 heteroatoms. The monoisotopic (exact) mass is 203 g/mol. The zero-order valence-electron chi connectivity index (χ0n) is 7.26. The molecule has 1 aliphatic carbocycles. The van der Waals surface area contributed by atoms with Crippen molar-refractivity contribution in [3.63, 3.8) is 0 Å². The van der Waals surface area contributed by atoms with Crippen molar-refractivity contribution in [3.8, 4) is 0 Å². The molecule has 2 rings (SSSR count). The molecule has 1 aromatic heterocycles. The highest BCUT2D eigenvalue weighted by Crippen LogP contribution is 2.61. The first-order valence-corrected chi connectivity index (χ1v) is 5.11. The van der Waals surface area contributed by atoms with Crippen LogP contribution in [0.15, 0.2) is 17.5 Å². The molecule has 0 aliphatic heterocycles. The molecule has 1 aromatic rings. The number of alkyl halides is 2. The van der Waals surface area contributed by atoms with Crippen LogP contribution >= 0.6 is 11.3 Å². The number of hydrogen-bond donors (Lipinski definition) is 1. The summed E-state index contributed by atoms with van der Waals surface area (Å²) in [7, 11) is 1.71. The van der Waals surface area contributed by atoms with Crippen molar-refractivity contribution in [2.75, 3.05) is 13.6 Å². The summed E-state index contributed by atoms with van der Waals surface area (Å²) in [6.45, 7) is 0.398. The molecule has 0 radical (unpaired) electrons. The molecule has 0 aromatic carbocycles. The summed E-state index contributed by atoms with van der Waals surface area (Å²) < 4.78 is 26.4. The van der Waals surface area contributed by atoms with Crippen LogP contribution in [0, 0.1) is 5.92 Å². The van der Waals surface area contributed by atoms with E-state index in [1.54, 1.807) is 13.1 Å². The van der Waals surface area contributed by atoms with Gasteiger partial charge in [-0.3, -0.25) is 0 Å². The number of hydrogen-bond acceptors (Lipinski definition) is 2. The fourth-order valence-corrected chi connectivity index (χ4v) is 2.66. The van der Waals surface area contributed by atoms with E-state index in [9.17, 15) is 8.78 Å². The summed E-state index contributed by atoms with van der Waals surface area (Å²) in [5, 5.41) is 4.65. The summed E-state index contributed by atoms with van der Waals surface area (Å²) in [5.41, 5.74) is 0. The highest BCUT2D eigenvalue weighted by Gasteiger charge is 2.68. The zero-order chi connectivity index (χ0) is 9.47. The second-order valence-corrected chi connectivity index (χ2v) is 4.31. The SMILES string of the molecule is CNC[C@H]1[C@@H](c2cccs2)C1(F)F. The summed E-state index contributed by atoms with van der Waals surface area (Å²) >= 11 is 1.42. The number of halogens is 2. The average molecular weight is 203 g/mol. The van der Waals surface area contributed by atoms with Crippen LogP contribution in [0.1, 0.15) is 10.8 Å². The molecule has 1 saturated carbocycles. The Morgan fingerprint density at radius 1 is 1.62 bits per heavy atom. The van der Waals surface area contributed by atoms with Crippen LogP contribution in [0.3, 0.4) is 0 Å². The van der Waals surface area contributed by atoms with E-state index in [-0.39, 0.29) is 0 Å². The summed E-state index contributed by atoms with van der Waals surface area (Å²) in [4.78, 5) is 0.810. The molecule has 0 unspecified atom stereocenters. The Balaban J connectivity index is 2.11. The van der Waals surface area contributed by atoms with Gasteiger partial charge in [0.05, 0.1) is 5.92 Å². The van der Waals surface area contributed by atoms with Crippen LogP contribution in [0.2, 0.25) is 0 Å². The van der Waals surface area contributed by atoms with E-state index >= 15 is 0 Å². The highest BCUT2D eigenvalue weighted by molar-refractivity contribution is 7.10. The van der Waals surface area contributed by atoms with Gasteiger partial charge in [-0.05, 0) is 18.5 Å². The third-order valence-corrected chi connectivity index (χ3v) is 3.43. The predicted octanol–water partition coefficient (Wildman–Crippen LogP) is 2.32. The average Bonchev–Trinajstić information content (AvgIpc) is 2.56. The van der Waals surface area contributed by atoms with Gasteiger partial charge in [0.1, 0.15) is 0 Å². The van der Waals surface area contributed by atoms with E-state index in [1.807, 2.05) is 11.4 Å². The smallest absolute Gasteiger partial charge is 0.261 e. The lowest BCUT2D eigenvalue weighted by Gasteiger charge is -1.92. The lowest BCUT2D eigenvalue weighted by atomic mass is 10.3. The lowest BCUT2D eigenvalue weighted by molar-refractivity contribution is 0.0938. The summed E-state index contributed by atoms with van der Waals surface area (Å²) in [5.74, 6) is -3.54. The zero-order valence-corrected chi connectivity index (χ0v) is 8.07. The Kier molecular flexibility index (Phi) is 2.12. The Labute approximate surface area is 79.8 Å². The fraction of sp³-hybridized carbons (Fsp3) is 0.556. The van der Waals surface area contributed by atoms with Crippen molar-refractivity contribution >= 4 is 11.3 Å². The largest absolute Gasteiger partial charge is 0.319 e. The third-order valence-electron chi connectivity index (χ3n) is 2.48. The highest BCUT2D eigenvalue weighted by atomic mass is 32.1. The Morgan fingerprint density at radius 3 is 2.92 bits per heavy atom. The van der Waals surface area contributed by atoms with E-state index in [2.05, 4.69) is 5.32 Å². The van der Waals surface area contributed by atoms with Crippen LogP contribution < -0.4 is 5.32 Å². The van der Waals surface area contributed by atoms with Gasteiger partial charge in [0.2, 0.25) is 0 Å². The molecule has 13 heavy (non-hydrogen) atoms. The standard InChI is InChI=1S/C9H11F2NS/c1-12-5-6-8(9(6,10)11)7-3-2-4-13-7/h2-4,6,8,12H,5H2,1H3/t6-,8-/m0/s1. The Hall–Kier alpha value is -0.480. The van der Waals surface area contributed by atoms with Gasteiger partial charge < -0.3 is 5.32 Å². The van der Waals surface area contributed by atoms with Crippen LogP contribution in [0.25, 0.3) is 0 Å². The van der Waals surface area contributed by atoms with Gasteiger partial charge in [-0.25, -0.2) is 8.78 Å². The first-order chi connectivity index (χ1) is 6.18. The van der Waals surface area contributed by atoms with Gasteiger partial charge in [-0.2, -0.15) is 0 Å². The molecule has 1 N–H and O–H groups in total. The number of nitrogens with one attached hydrogen (secondary N) is 1. The molecule has 0 saturated heterocycles. The first-order valence-electron chi connectivity index (χ1n) is 4.23. The van der Waals surface area contributed by atoms with Gasteiger partial charge in [0, 0.05) is 17.3 Å². The molecule has 1 heterocycles. The summed E-state index contributed by atoms with van der Waals surface area (Å²) in [6, 6.07) is 3.61. The lowest BCUT2D eigenvalue weighted by Crippen LogP contribution is -2.13. The van der Waals surface area contributed by atoms with Crippen molar-refractivity contribution in [1.82, 2.24) is 5.32 Å². The topological polar surface area (TPSA) is 12.0 Å². The van der Waals surface area contributed by atoms with Gasteiger partial charge in [-0.15, -0.1) is 11.3 Å². The second-order valence-electron chi connectivity index (χ2n) is 3.33. The van der Waals surface area contributed by atoms with Gasteiger partial charge in [0.15, 0.2) is 0 Å². The quantitative estimate of drug-likeness (QED) is 0.795. The van der Waals surface area contributed by atoms with Crippen LogP contribution in [0.5, 0.6) is 0 Å². The van der Waals surface area contributed by atoms with Crippen LogP contribution in [0.4, 0.5) is 8.78 Å². The number of thiophene rings is 1. The van der Waals surface area contributed by atoms with E-state index in [0.29, 0.717) is 6.54 Å². The minimum absolute atomic E-state index is 0.398. The molecule has 0 amide bonds. The summed E-state index contributed by atoms with van der Waals surface area (Å²) in [6.07, 6.45) is 0. The van der Waals surface area contributed by atoms with Gasteiger partial charge >= 0.3 is 0 Å². The number of rotatable bonds is 3. The molecule has 0 bridgehead atoms. The molecule has 1 nitrogen and oxygen atoms in total. The van der Waals surface area contributed by atoms with Crippen molar-refractivity contribution in [2.24, 2.45) is 5.92 Å². The molecule has 1 aliphatic rings. The van der Waals surface area contributed by atoms with Crippen molar-refractivity contribution < 1.29 is 8.78 Å². The molecule has 0 spiro atoms. The minimum Gasteiger partial charge on any atom is -0.319 e. The molecule has 1 fully saturated rings. The van der Waals surface area contributed by atoms with Gasteiger partial charge in [0.25, 0.3) is 5.92 Å². The minimum atomic E-state index is -2.49. The maximum Gasteiger partial charge on any atom is 0.261 e. The van der Waals surface area contributed by atoms with Crippen LogP contribution in [-0.4, -0.2) is 19.5 Å². The Bertz CT molecular complexity index is 284. The molecular formula is C9H11F2NS. The van der Waals surface area contributed by atoms with Crippen molar-refractivity contribution in [3.05, 3.63) is 22.4 Å². The second kappa shape index (κ2) is 3.03. The molecular weight excluding hydrogens is 192 g/mol. The van der Waals surface area contributed by atoms with E-state index in [4.69, 9.17) is 0 Å². The Morgan fingerprint density at radius 2 is 2.38 bits per heavy atom. The van der Waals surface area contributed by atoms with Gasteiger partial charge in [-0.1, -0.05) is 6.07 Å². The third kappa shape index (κ3) is 1.38.